The highest BCUT2D eigenvalue weighted by Crippen LogP contribution is 2.34. The summed E-state index contributed by atoms with van der Waals surface area (Å²) < 4.78 is 36.7. The molecule has 0 aliphatic carbocycles. The van der Waals surface area contributed by atoms with E-state index >= 15 is 0 Å². The molecule has 1 aromatic carbocycles. The molecule has 0 saturated heterocycles. The molecule has 0 unspecified atom stereocenters. The van der Waals surface area contributed by atoms with E-state index < -0.39 is 24.5 Å². The lowest BCUT2D eigenvalue weighted by atomic mass is 9.94. The van der Waals surface area contributed by atoms with Gasteiger partial charge >= 0.3 is 0 Å². The van der Waals surface area contributed by atoms with Crippen LogP contribution in [0.5, 0.6) is 11.5 Å². The molecule has 1 amide bonds. The molecule has 0 saturated carbocycles. The number of amides is 1. The van der Waals surface area contributed by atoms with Crippen molar-refractivity contribution in [3.05, 3.63) is 35.9 Å². The summed E-state index contributed by atoms with van der Waals surface area (Å²) in [5.74, 6) is 0.543. The molecule has 0 bridgehead atoms. The molecule has 2 N–H and O–H groups in total. The summed E-state index contributed by atoms with van der Waals surface area (Å²) in [5.41, 5.74) is 1.60. The number of fused-ring (bicyclic) bond motifs is 1. The van der Waals surface area contributed by atoms with Gasteiger partial charge in [-0.15, -0.1) is 0 Å². The van der Waals surface area contributed by atoms with Gasteiger partial charge in [0.15, 0.2) is 11.5 Å². The normalized spacial score (nSPS) is 15.5. The quantitative estimate of drug-likeness (QED) is 0.185. The first-order valence-electron chi connectivity index (χ1n) is 13.1. The van der Waals surface area contributed by atoms with Crippen LogP contribution in [0.4, 0.5) is 8.78 Å². The molecule has 2 rings (SSSR count). The number of unbranched alkanes of at least 4 members (excludes halogenated alkanes) is 4. The summed E-state index contributed by atoms with van der Waals surface area (Å²) in [5, 5.41) is 14.2. The van der Waals surface area contributed by atoms with Crippen LogP contribution in [0.2, 0.25) is 0 Å². The summed E-state index contributed by atoms with van der Waals surface area (Å²) >= 11 is 0. The summed E-state index contributed by atoms with van der Waals surface area (Å²) in [4.78, 5) is 12.6. The first-order chi connectivity index (χ1) is 16.8. The maximum atomic E-state index is 12.7. The number of ether oxygens (including phenoxy) is 2. The van der Waals surface area contributed by atoms with E-state index in [-0.39, 0.29) is 5.91 Å². The number of aliphatic hydroxyl groups excluding tert-OH is 1. The largest absolute Gasteiger partial charge is 0.486 e. The van der Waals surface area contributed by atoms with Gasteiger partial charge in [-0.2, -0.15) is 0 Å². The average molecular weight is 496 g/mol. The molecule has 3 atom stereocenters. The molecule has 198 valence electrons. The average Bonchev–Trinajstić information content (AvgIpc) is 2.85. The Balaban J connectivity index is 1.96. The van der Waals surface area contributed by atoms with Crippen LogP contribution in [0.25, 0.3) is 0 Å². The lowest BCUT2D eigenvalue weighted by molar-refractivity contribution is -0.122. The molecule has 0 fully saturated rings. The van der Waals surface area contributed by atoms with Crippen LogP contribution < -0.4 is 14.8 Å². The minimum atomic E-state index is -2.30. The molecule has 7 heteroatoms. The number of hydrogen-bond donors (Lipinski definition) is 2. The Kier molecular flexibility index (Phi) is 13.1. The minimum Gasteiger partial charge on any atom is -0.486 e. The second-order valence-corrected chi connectivity index (χ2v) is 9.68. The monoisotopic (exact) mass is 495 g/mol. The number of allylic oxidation sites excluding steroid dienone is 1. The lowest BCUT2D eigenvalue weighted by Gasteiger charge is -2.26. The van der Waals surface area contributed by atoms with Crippen molar-refractivity contribution in [2.24, 2.45) is 5.92 Å². The van der Waals surface area contributed by atoms with Crippen molar-refractivity contribution in [3.63, 3.8) is 0 Å². The number of aliphatic hydroxyl groups is 1. The highest BCUT2D eigenvalue weighted by Gasteiger charge is 2.25. The third-order valence-electron chi connectivity index (χ3n) is 6.57. The van der Waals surface area contributed by atoms with Gasteiger partial charge in [0, 0.05) is 12.3 Å². The molecule has 0 radical (unpaired) electrons. The van der Waals surface area contributed by atoms with E-state index in [4.69, 9.17) is 9.47 Å². The molecular formula is C28H43F2NO4. The van der Waals surface area contributed by atoms with Gasteiger partial charge in [-0.05, 0) is 56.2 Å². The molecule has 5 nitrogen and oxygen atoms in total. The minimum absolute atomic E-state index is 0.0699. The Labute approximate surface area is 209 Å². The smallest absolute Gasteiger partial charge is 0.241 e. The van der Waals surface area contributed by atoms with Gasteiger partial charge in [0.25, 0.3) is 0 Å². The number of rotatable bonds is 17. The van der Waals surface area contributed by atoms with Crippen molar-refractivity contribution in [1.29, 1.82) is 0 Å². The van der Waals surface area contributed by atoms with Crippen LogP contribution in [0.3, 0.4) is 0 Å². The number of nitrogens with one attached hydrogen (secondary N) is 1. The Hall–Kier alpha value is -2.15. The van der Waals surface area contributed by atoms with E-state index in [1.165, 1.54) is 6.42 Å². The highest BCUT2D eigenvalue weighted by molar-refractivity contribution is 5.76. The number of hydrogen-bond acceptors (Lipinski definition) is 4. The molecule has 0 spiro atoms. The second-order valence-electron chi connectivity index (χ2n) is 9.68. The third kappa shape index (κ3) is 10.6. The van der Waals surface area contributed by atoms with Crippen molar-refractivity contribution in [2.45, 2.75) is 103 Å². The van der Waals surface area contributed by atoms with E-state index in [0.29, 0.717) is 68.8 Å². The lowest BCUT2D eigenvalue weighted by Crippen LogP contribution is -2.39. The first kappa shape index (κ1) is 29.1. The van der Waals surface area contributed by atoms with Gasteiger partial charge in [0.05, 0.1) is 12.1 Å². The maximum Gasteiger partial charge on any atom is 0.241 e. The zero-order valence-electron chi connectivity index (χ0n) is 21.4. The Morgan fingerprint density at radius 2 is 1.74 bits per heavy atom. The molecule has 1 aliphatic rings. The van der Waals surface area contributed by atoms with Gasteiger partial charge in [0.1, 0.15) is 13.2 Å². The van der Waals surface area contributed by atoms with E-state index in [0.717, 1.165) is 31.3 Å². The summed E-state index contributed by atoms with van der Waals surface area (Å²) in [6.07, 6.45) is 5.40. The van der Waals surface area contributed by atoms with Crippen LogP contribution in [0.1, 0.15) is 96.1 Å². The Bertz CT molecular complexity index is 786. The number of carbonyl (C=O) groups is 1. The van der Waals surface area contributed by atoms with Crippen LogP contribution >= 0.6 is 0 Å². The molecule has 1 aromatic rings. The van der Waals surface area contributed by atoms with Crippen LogP contribution in [0, 0.1) is 5.92 Å². The topological polar surface area (TPSA) is 67.8 Å². The number of carbonyl (C=O) groups excluding carboxylic acids is 1. The second kappa shape index (κ2) is 15.8. The van der Waals surface area contributed by atoms with Crippen molar-refractivity contribution in [1.82, 2.24) is 5.32 Å². The van der Waals surface area contributed by atoms with E-state index in [1.54, 1.807) is 25.1 Å². The molecule has 1 heterocycles. The van der Waals surface area contributed by atoms with Gasteiger partial charge in [0.2, 0.25) is 12.3 Å². The van der Waals surface area contributed by atoms with Crippen LogP contribution in [-0.4, -0.2) is 36.7 Å². The van der Waals surface area contributed by atoms with Crippen molar-refractivity contribution >= 4 is 5.91 Å². The Morgan fingerprint density at radius 1 is 1.03 bits per heavy atom. The van der Waals surface area contributed by atoms with Gasteiger partial charge < -0.3 is 19.9 Å². The third-order valence-corrected chi connectivity index (χ3v) is 6.57. The van der Waals surface area contributed by atoms with Crippen LogP contribution in [-0.2, 0) is 4.79 Å². The molecule has 0 aromatic heterocycles. The maximum absolute atomic E-state index is 12.7. The van der Waals surface area contributed by atoms with Crippen molar-refractivity contribution in [3.8, 4) is 11.5 Å². The standard InChI is InChI=1S/C28H43F2NO4/c1-4-5-6-7-8-12-26(32)31-23(15-13-20(2)10-9-11-21(3)28(29)30)27(33)22-14-16-24-25(19-22)35-18-17-34-24/h14,16,19,21,23,27-28,33H,2,4-13,15,17-18H2,1,3H3,(H,31,32)/t21-,23-,27-/m1/s1. The summed E-state index contributed by atoms with van der Waals surface area (Å²) in [6, 6.07) is 4.85. The SMILES string of the molecule is C=C(CCC[C@@H](C)C(F)F)CC[C@@H](NC(=O)CCCCCCC)[C@H](O)c1ccc2c(c1)OCCO2. The number of alkyl halides is 2. The zero-order valence-corrected chi connectivity index (χ0v) is 21.4. The van der Waals surface area contributed by atoms with Gasteiger partial charge in [-0.25, -0.2) is 8.78 Å². The fraction of sp³-hybridized carbons (Fsp3) is 0.679. The fourth-order valence-electron chi connectivity index (χ4n) is 4.24. The predicted molar refractivity (Wildman–Crippen MR) is 135 cm³/mol. The molecule has 1 aliphatic heterocycles. The predicted octanol–water partition coefficient (Wildman–Crippen LogP) is 6.74. The van der Waals surface area contributed by atoms with Crippen LogP contribution in [0.15, 0.2) is 30.4 Å². The Morgan fingerprint density at radius 3 is 2.46 bits per heavy atom. The highest BCUT2D eigenvalue weighted by atomic mass is 19.3. The molecule has 35 heavy (non-hydrogen) atoms. The van der Waals surface area contributed by atoms with Crippen molar-refractivity contribution in [2.75, 3.05) is 13.2 Å². The fourth-order valence-corrected chi connectivity index (χ4v) is 4.24. The number of halogens is 2. The van der Waals surface area contributed by atoms with Gasteiger partial charge in [-0.3, -0.25) is 4.79 Å². The summed E-state index contributed by atoms with van der Waals surface area (Å²) in [6.45, 7) is 8.76. The zero-order chi connectivity index (χ0) is 25.6. The van der Waals surface area contributed by atoms with E-state index in [9.17, 15) is 18.7 Å². The summed E-state index contributed by atoms with van der Waals surface area (Å²) in [7, 11) is 0. The number of benzene rings is 1. The van der Waals surface area contributed by atoms with Crippen molar-refractivity contribution < 1.29 is 28.2 Å². The molecular weight excluding hydrogens is 452 g/mol. The van der Waals surface area contributed by atoms with E-state index in [1.807, 2.05) is 0 Å². The van der Waals surface area contributed by atoms with Gasteiger partial charge in [-0.1, -0.05) is 57.7 Å². The first-order valence-corrected chi connectivity index (χ1v) is 13.1. The van der Waals surface area contributed by atoms with E-state index in [2.05, 4.69) is 18.8 Å².